The van der Waals surface area contributed by atoms with Gasteiger partial charge in [-0.1, -0.05) is 11.3 Å². The van der Waals surface area contributed by atoms with Crippen LogP contribution in [0.5, 0.6) is 5.75 Å². The van der Waals surface area contributed by atoms with E-state index < -0.39 is 0 Å². The molecule has 4 N–H and O–H groups in total. The second kappa shape index (κ2) is 7.35. The Morgan fingerprint density at radius 2 is 1.87 bits per heavy atom. The highest BCUT2D eigenvalue weighted by atomic mass is 32.1. The fourth-order valence-corrected chi connectivity index (χ4v) is 4.66. The summed E-state index contributed by atoms with van der Waals surface area (Å²) in [5.74, 6) is 2.07. The summed E-state index contributed by atoms with van der Waals surface area (Å²) < 4.78 is 6.14. The Kier molecular flexibility index (Phi) is 4.62. The maximum atomic E-state index is 6.14. The molecule has 0 aliphatic carbocycles. The first-order valence-electron chi connectivity index (χ1n) is 10.0. The number of ether oxygens (including phenoxy) is 1. The normalized spacial score (nSPS) is 13.7. The van der Waals surface area contributed by atoms with Gasteiger partial charge in [-0.15, -0.1) is 0 Å². The number of aryl methyl sites for hydroxylation is 2. The molecule has 4 aromatic rings. The van der Waals surface area contributed by atoms with E-state index in [0.29, 0.717) is 24.8 Å². The lowest BCUT2D eigenvalue weighted by molar-refractivity contribution is 0.329. The SMILES string of the molecule is Cc1cc(-c2cnc3sc(N)nc3c2)cc2c1OCCN(c1nc(N)nc(C)c1C)C2. The zero-order valence-corrected chi connectivity index (χ0v) is 18.5. The summed E-state index contributed by atoms with van der Waals surface area (Å²) in [6.07, 6.45) is 1.87. The van der Waals surface area contributed by atoms with Crippen molar-refractivity contribution in [2.24, 2.45) is 0 Å². The molecule has 5 rings (SSSR count). The molecule has 158 valence electrons. The van der Waals surface area contributed by atoms with Crippen LogP contribution in [-0.4, -0.2) is 33.1 Å². The Morgan fingerprint density at radius 3 is 2.71 bits per heavy atom. The molecule has 0 spiro atoms. The van der Waals surface area contributed by atoms with E-state index in [0.717, 1.165) is 55.4 Å². The van der Waals surface area contributed by atoms with E-state index in [1.165, 1.54) is 11.3 Å². The van der Waals surface area contributed by atoms with Crippen LogP contribution in [0.2, 0.25) is 0 Å². The molecule has 0 atom stereocenters. The summed E-state index contributed by atoms with van der Waals surface area (Å²) >= 11 is 1.39. The number of nitrogens with two attached hydrogens (primary N) is 2. The molecule has 0 radical (unpaired) electrons. The molecule has 0 fully saturated rings. The van der Waals surface area contributed by atoms with Crippen LogP contribution in [0.3, 0.4) is 0 Å². The predicted molar refractivity (Wildman–Crippen MR) is 124 cm³/mol. The summed E-state index contributed by atoms with van der Waals surface area (Å²) in [7, 11) is 0. The number of hydrogen-bond donors (Lipinski definition) is 2. The largest absolute Gasteiger partial charge is 0.491 e. The molecule has 1 aliphatic rings. The molecule has 8 nitrogen and oxygen atoms in total. The third kappa shape index (κ3) is 3.50. The van der Waals surface area contributed by atoms with Crippen LogP contribution in [-0.2, 0) is 6.54 Å². The van der Waals surface area contributed by atoms with E-state index in [9.17, 15) is 0 Å². The van der Waals surface area contributed by atoms with Gasteiger partial charge in [0.2, 0.25) is 5.95 Å². The van der Waals surface area contributed by atoms with E-state index in [2.05, 4.69) is 43.9 Å². The first kappa shape index (κ1) is 19.5. The van der Waals surface area contributed by atoms with Crippen molar-refractivity contribution in [2.75, 3.05) is 29.5 Å². The molecule has 0 saturated carbocycles. The molecule has 0 saturated heterocycles. The average molecular weight is 434 g/mol. The number of pyridine rings is 1. The first-order valence-corrected chi connectivity index (χ1v) is 10.8. The zero-order chi connectivity index (χ0) is 21.7. The number of nitrogen functional groups attached to an aromatic ring is 2. The molecule has 31 heavy (non-hydrogen) atoms. The number of benzene rings is 1. The lowest BCUT2D eigenvalue weighted by Gasteiger charge is -2.23. The molecular formula is C22H23N7OS. The number of thiazole rings is 1. The van der Waals surface area contributed by atoms with Crippen LogP contribution in [0.15, 0.2) is 24.4 Å². The smallest absolute Gasteiger partial charge is 0.222 e. The summed E-state index contributed by atoms with van der Waals surface area (Å²) in [4.78, 5) is 20.8. The lowest BCUT2D eigenvalue weighted by atomic mass is 9.99. The Morgan fingerprint density at radius 1 is 1.03 bits per heavy atom. The molecule has 0 amide bonds. The fraction of sp³-hybridized carbons (Fsp3) is 0.273. The highest BCUT2D eigenvalue weighted by Gasteiger charge is 2.22. The van der Waals surface area contributed by atoms with Gasteiger partial charge in [-0.25, -0.2) is 15.0 Å². The van der Waals surface area contributed by atoms with Crippen LogP contribution in [0, 0.1) is 20.8 Å². The number of anilines is 3. The lowest BCUT2D eigenvalue weighted by Crippen LogP contribution is -2.27. The Labute approximate surface area is 183 Å². The van der Waals surface area contributed by atoms with E-state index in [-0.39, 0.29) is 5.95 Å². The van der Waals surface area contributed by atoms with Crippen molar-refractivity contribution < 1.29 is 4.74 Å². The maximum Gasteiger partial charge on any atom is 0.222 e. The number of nitrogens with zero attached hydrogens (tertiary/aromatic N) is 5. The number of fused-ring (bicyclic) bond motifs is 2. The minimum absolute atomic E-state index is 0.287. The molecule has 4 heterocycles. The van der Waals surface area contributed by atoms with Crippen LogP contribution >= 0.6 is 11.3 Å². The number of aromatic nitrogens is 4. The molecule has 9 heteroatoms. The van der Waals surface area contributed by atoms with Crippen LogP contribution < -0.4 is 21.1 Å². The number of rotatable bonds is 2. The van der Waals surface area contributed by atoms with Gasteiger partial charge in [-0.3, -0.25) is 0 Å². The average Bonchev–Trinajstić information content (AvgIpc) is 2.96. The van der Waals surface area contributed by atoms with Crippen molar-refractivity contribution >= 4 is 38.6 Å². The summed E-state index contributed by atoms with van der Waals surface area (Å²) in [6, 6.07) is 6.32. The Balaban J connectivity index is 1.57. The highest BCUT2D eigenvalue weighted by Crippen LogP contribution is 2.35. The van der Waals surface area contributed by atoms with Crippen molar-refractivity contribution in [1.29, 1.82) is 0 Å². The third-order valence-corrected chi connectivity index (χ3v) is 6.41. The predicted octanol–water partition coefficient (Wildman–Crippen LogP) is 3.64. The molecule has 3 aromatic heterocycles. The van der Waals surface area contributed by atoms with E-state index in [1.54, 1.807) is 0 Å². The van der Waals surface area contributed by atoms with Crippen LogP contribution in [0.1, 0.15) is 22.4 Å². The van der Waals surface area contributed by atoms with Gasteiger partial charge in [-0.2, -0.15) is 4.98 Å². The van der Waals surface area contributed by atoms with E-state index in [4.69, 9.17) is 16.2 Å². The first-order chi connectivity index (χ1) is 14.9. The minimum Gasteiger partial charge on any atom is -0.491 e. The third-order valence-electron chi connectivity index (χ3n) is 5.60. The number of hydrogen-bond acceptors (Lipinski definition) is 9. The van der Waals surface area contributed by atoms with Crippen molar-refractivity contribution in [3.8, 4) is 16.9 Å². The van der Waals surface area contributed by atoms with Gasteiger partial charge >= 0.3 is 0 Å². The Hall–Kier alpha value is -3.46. The molecule has 0 bridgehead atoms. The summed E-state index contributed by atoms with van der Waals surface area (Å²) in [5.41, 5.74) is 18.8. The fourth-order valence-electron chi connectivity index (χ4n) is 4.00. The van der Waals surface area contributed by atoms with Gasteiger partial charge < -0.3 is 21.1 Å². The monoisotopic (exact) mass is 433 g/mol. The quantitative estimate of drug-likeness (QED) is 0.492. The van der Waals surface area contributed by atoms with E-state index in [1.807, 2.05) is 26.1 Å². The molecule has 0 unspecified atom stereocenters. The van der Waals surface area contributed by atoms with Crippen molar-refractivity contribution in [3.63, 3.8) is 0 Å². The van der Waals surface area contributed by atoms with Gasteiger partial charge in [0.15, 0.2) is 5.13 Å². The minimum atomic E-state index is 0.287. The van der Waals surface area contributed by atoms with Crippen LogP contribution in [0.25, 0.3) is 21.5 Å². The molecular weight excluding hydrogens is 410 g/mol. The van der Waals surface area contributed by atoms with Gasteiger partial charge in [0.25, 0.3) is 0 Å². The standard InChI is InChI=1S/C22H23N7OS/c1-11-6-14(15-8-17-20(25-9-15)31-22(24)27-17)7-16-10-29(4-5-30-18(11)16)19-12(2)13(3)26-21(23)28-19/h6-9H,4-5,10H2,1-3H3,(H2,24,27)(H2,23,26,28). The van der Waals surface area contributed by atoms with Gasteiger partial charge in [0, 0.05) is 35.1 Å². The van der Waals surface area contributed by atoms with Crippen LogP contribution in [0.4, 0.5) is 16.9 Å². The summed E-state index contributed by atoms with van der Waals surface area (Å²) in [5, 5.41) is 0.525. The second-order valence-electron chi connectivity index (χ2n) is 7.77. The molecule has 1 aromatic carbocycles. The second-order valence-corrected chi connectivity index (χ2v) is 8.78. The zero-order valence-electron chi connectivity index (χ0n) is 17.6. The summed E-state index contributed by atoms with van der Waals surface area (Å²) in [6.45, 7) is 8.00. The van der Waals surface area contributed by atoms with Gasteiger partial charge in [0.05, 0.1) is 6.54 Å². The van der Waals surface area contributed by atoms with E-state index >= 15 is 0 Å². The molecule has 1 aliphatic heterocycles. The topological polar surface area (TPSA) is 116 Å². The highest BCUT2D eigenvalue weighted by molar-refractivity contribution is 7.21. The van der Waals surface area contributed by atoms with Crippen molar-refractivity contribution in [1.82, 2.24) is 19.9 Å². The van der Waals surface area contributed by atoms with Gasteiger partial charge in [-0.05, 0) is 50.1 Å². The van der Waals surface area contributed by atoms with Gasteiger partial charge in [0.1, 0.15) is 28.5 Å². The maximum absolute atomic E-state index is 6.14. The van der Waals surface area contributed by atoms with Crippen molar-refractivity contribution in [2.45, 2.75) is 27.3 Å². The van der Waals surface area contributed by atoms with Crippen molar-refractivity contribution in [3.05, 3.63) is 46.8 Å². The Bertz CT molecular complexity index is 1320.